The van der Waals surface area contributed by atoms with Crippen LogP contribution >= 0.6 is 0 Å². The minimum Gasteiger partial charge on any atom is -0.493 e. The van der Waals surface area contributed by atoms with E-state index in [9.17, 15) is 0 Å². The summed E-state index contributed by atoms with van der Waals surface area (Å²) < 4.78 is 16.4. The summed E-state index contributed by atoms with van der Waals surface area (Å²) in [5.41, 5.74) is 0.895. The minimum absolute atomic E-state index is 0.623. The second-order valence-electron chi connectivity index (χ2n) is 4.19. The molecule has 5 nitrogen and oxygen atoms in total. The molecule has 0 saturated carbocycles. The quantitative estimate of drug-likeness (QED) is 0.561. The molecule has 0 saturated heterocycles. The topological polar surface area (TPSA) is 43.3 Å². The van der Waals surface area contributed by atoms with Crippen molar-refractivity contribution in [3.05, 3.63) is 17.7 Å². The number of hydrazone groups is 1. The largest absolute Gasteiger partial charge is 0.493 e. The zero-order valence-electron chi connectivity index (χ0n) is 12.3. The zero-order chi connectivity index (χ0) is 14.3. The maximum Gasteiger partial charge on any atom is 0.203 e. The molecule has 0 radical (unpaired) electrons. The number of methoxy groups -OCH3 is 2. The minimum atomic E-state index is 0.623. The first-order valence-electron chi connectivity index (χ1n) is 6.22. The van der Waals surface area contributed by atoms with Crippen molar-refractivity contribution in [1.82, 2.24) is 5.01 Å². The molecule has 0 N–H and O–H groups in total. The van der Waals surface area contributed by atoms with E-state index in [2.05, 4.69) is 12.0 Å². The van der Waals surface area contributed by atoms with Gasteiger partial charge in [0.2, 0.25) is 5.75 Å². The van der Waals surface area contributed by atoms with Gasteiger partial charge in [-0.1, -0.05) is 6.92 Å². The summed E-state index contributed by atoms with van der Waals surface area (Å²) in [6, 6.07) is 3.75. The molecule has 0 heterocycles. The Hall–Kier alpha value is -1.91. The molecule has 1 rings (SSSR count). The van der Waals surface area contributed by atoms with Gasteiger partial charge in [-0.3, -0.25) is 0 Å². The summed E-state index contributed by atoms with van der Waals surface area (Å²) in [7, 11) is 6.95. The molecule has 0 aliphatic carbocycles. The maximum absolute atomic E-state index is 5.67. The van der Waals surface area contributed by atoms with Crippen LogP contribution in [0, 0.1) is 0 Å². The lowest BCUT2D eigenvalue weighted by Crippen LogP contribution is -2.03. The van der Waals surface area contributed by atoms with Crippen LogP contribution in [0.4, 0.5) is 0 Å². The smallest absolute Gasteiger partial charge is 0.203 e. The molecule has 0 amide bonds. The molecular formula is C14H22N2O3. The Kier molecular flexibility index (Phi) is 5.99. The fraction of sp³-hybridized carbons (Fsp3) is 0.500. The molecule has 0 aliphatic rings. The number of benzene rings is 1. The van der Waals surface area contributed by atoms with Gasteiger partial charge in [0, 0.05) is 19.7 Å². The monoisotopic (exact) mass is 266 g/mol. The number of rotatable bonds is 7. The van der Waals surface area contributed by atoms with Gasteiger partial charge in [-0.05, 0) is 18.6 Å². The van der Waals surface area contributed by atoms with Gasteiger partial charge in [-0.2, -0.15) is 5.10 Å². The van der Waals surface area contributed by atoms with Crippen LogP contribution < -0.4 is 14.2 Å². The van der Waals surface area contributed by atoms with Crippen LogP contribution in [0.25, 0.3) is 0 Å². The van der Waals surface area contributed by atoms with E-state index in [0.717, 1.165) is 12.0 Å². The lowest BCUT2D eigenvalue weighted by atomic mass is 10.2. The third-order valence-electron chi connectivity index (χ3n) is 2.37. The average molecular weight is 266 g/mol. The fourth-order valence-corrected chi connectivity index (χ4v) is 1.50. The van der Waals surface area contributed by atoms with Crippen molar-refractivity contribution in [3.63, 3.8) is 0 Å². The lowest BCUT2D eigenvalue weighted by Gasteiger charge is -2.15. The Bertz CT molecular complexity index is 406. The van der Waals surface area contributed by atoms with Crippen LogP contribution in [-0.4, -0.2) is 46.1 Å². The predicted octanol–water partition coefficient (Wildman–Crippen LogP) is 2.39. The molecule has 19 heavy (non-hydrogen) atoms. The van der Waals surface area contributed by atoms with Gasteiger partial charge in [0.05, 0.1) is 27.0 Å². The van der Waals surface area contributed by atoms with E-state index in [0.29, 0.717) is 23.9 Å². The van der Waals surface area contributed by atoms with E-state index >= 15 is 0 Å². The first-order chi connectivity index (χ1) is 9.12. The number of ether oxygens (including phenoxy) is 3. The molecule has 0 bridgehead atoms. The standard InChI is InChI=1S/C14H22N2O3/c1-6-7-19-14-12(17-4)8-11(9-13(14)18-5)10-15-16(2)3/h8-10H,6-7H2,1-5H3/b15-10+. The van der Waals surface area contributed by atoms with Crippen LogP contribution in [0.15, 0.2) is 17.2 Å². The summed E-state index contributed by atoms with van der Waals surface area (Å²) in [6.07, 6.45) is 2.67. The van der Waals surface area contributed by atoms with Gasteiger partial charge in [0.15, 0.2) is 11.5 Å². The number of hydrogen-bond acceptors (Lipinski definition) is 5. The molecule has 0 fully saturated rings. The summed E-state index contributed by atoms with van der Waals surface area (Å²) in [6.45, 7) is 2.68. The number of nitrogens with zero attached hydrogens (tertiary/aromatic N) is 2. The van der Waals surface area contributed by atoms with Gasteiger partial charge in [0.1, 0.15) is 0 Å². The van der Waals surface area contributed by atoms with Gasteiger partial charge in [0.25, 0.3) is 0 Å². The highest BCUT2D eigenvalue weighted by Gasteiger charge is 2.13. The van der Waals surface area contributed by atoms with Crippen molar-refractivity contribution >= 4 is 6.21 Å². The number of hydrogen-bond donors (Lipinski definition) is 0. The summed E-state index contributed by atoms with van der Waals surface area (Å²) in [4.78, 5) is 0. The zero-order valence-corrected chi connectivity index (χ0v) is 12.3. The molecule has 0 unspecified atom stereocenters. The molecule has 5 heteroatoms. The molecule has 0 aromatic heterocycles. The van der Waals surface area contributed by atoms with Crippen molar-refractivity contribution < 1.29 is 14.2 Å². The van der Waals surface area contributed by atoms with Crippen LogP contribution in [-0.2, 0) is 0 Å². The highest BCUT2D eigenvalue weighted by atomic mass is 16.5. The Balaban J connectivity index is 3.12. The Morgan fingerprint density at radius 2 is 1.74 bits per heavy atom. The van der Waals surface area contributed by atoms with Gasteiger partial charge >= 0.3 is 0 Å². The lowest BCUT2D eigenvalue weighted by molar-refractivity contribution is 0.275. The van der Waals surface area contributed by atoms with Gasteiger partial charge in [-0.15, -0.1) is 0 Å². The predicted molar refractivity (Wildman–Crippen MR) is 76.6 cm³/mol. The maximum atomic E-state index is 5.67. The van der Waals surface area contributed by atoms with Gasteiger partial charge in [-0.25, -0.2) is 0 Å². The Morgan fingerprint density at radius 1 is 1.16 bits per heavy atom. The molecule has 0 aliphatic heterocycles. The SMILES string of the molecule is CCCOc1c(OC)cc(/C=N/N(C)C)cc1OC. The first-order valence-corrected chi connectivity index (χ1v) is 6.22. The normalized spacial score (nSPS) is 10.6. The Labute approximate surface area is 114 Å². The van der Waals surface area contributed by atoms with Crippen molar-refractivity contribution in [2.75, 3.05) is 34.9 Å². The second-order valence-corrected chi connectivity index (χ2v) is 4.19. The highest BCUT2D eigenvalue weighted by molar-refractivity contribution is 5.82. The summed E-state index contributed by atoms with van der Waals surface area (Å²) >= 11 is 0. The fourth-order valence-electron chi connectivity index (χ4n) is 1.50. The molecular weight excluding hydrogens is 244 g/mol. The van der Waals surface area contributed by atoms with Crippen LogP contribution in [0.2, 0.25) is 0 Å². The third kappa shape index (κ3) is 4.35. The van der Waals surface area contributed by atoms with Crippen LogP contribution in [0.1, 0.15) is 18.9 Å². The van der Waals surface area contributed by atoms with Crippen LogP contribution in [0.5, 0.6) is 17.2 Å². The first kappa shape index (κ1) is 15.1. The molecule has 0 spiro atoms. The Morgan fingerprint density at radius 3 is 2.16 bits per heavy atom. The van der Waals surface area contributed by atoms with Gasteiger partial charge < -0.3 is 19.2 Å². The molecule has 1 aromatic rings. The third-order valence-corrected chi connectivity index (χ3v) is 2.37. The molecule has 0 atom stereocenters. The van der Waals surface area contributed by atoms with E-state index in [-0.39, 0.29) is 0 Å². The van der Waals surface area contributed by atoms with Crippen LogP contribution in [0.3, 0.4) is 0 Å². The van der Waals surface area contributed by atoms with Crippen molar-refractivity contribution in [3.8, 4) is 17.2 Å². The van der Waals surface area contributed by atoms with E-state index in [1.165, 1.54) is 0 Å². The molecule has 1 aromatic carbocycles. The van der Waals surface area contributed by atoms with E-state index in [4.69, 9.17) is 14.2 Å². The second kappa shape index (κ2) is 7.51. The molecule has 106 valence electrons. The van der Waals surface area contributed by atoms with Crippen molar-refractivity contribution in [2.24, 2.45) is 5.10 Å². The van der Waals surface area contributed by atoms with E-state index in [1.807, 2.05) is 26.2 Å². The van der Waals surface area contributed by atoms with Crippen molar-refractivity contribution in [1.29, 1.82) is 0 Å². The van der Waals surface area contributed by atoms with E-state index < -0.39 is 0 Å². The summed E-state index contributed by atoms with van der Waals surface area (Å²) in [5, 5.41) is 5.92. The van der Waals surface area contributed by atoms with E-state index in [1.54, 1.807) is 25.4 Å². The van der Waals surface area contributed by atoms with Crippen molar-refractivity contribution in [2.45, 2.75) is 13.3 Å². The average Bonchev–Trinajstić information content (AvgIpc) is 2.42. The summed E-state index contributed by atoms with van der Waals surface area (Å²) in [5.74, 6) is 1.93. The highest BCUT2D eigenvalue weighted by Crippen LogP contribution is 2.38.